The van der Waals surface area contributed by atoms with Crippen LogP contribution >= 0.6 is 11.6 Å². The monoisotopic (exact) mass is 115 g/mol. The van der Waals surface area contributed by atoms with Crippen molar-refractivity contribution in [3.8, 4) is 0 Å². The fourth-order valence-corrected chi connectivity index (χ4v) is 0.514. The average Bonchev–Trinajstić information content (AvgIpc) is 1.87. The van der Waals surface area contributed by atoms with Crippen LogP contribution in [0.5, 0.6) is 0 Å². The Morgan fingerprint density at radius 1 is 1.57 bits per heavy atom. The van der Waals surface area contributed by atoms with Gasteiger partial charge < -0.3 is 4.42 Å². The molecule has 1 nitrogen and oxygen atoms in total. The van der Waals surface area contributed by atoms with Crippen LogP contribution in [0, 0.1) is 6.92 Å². The van der Waals surface area contributed by atoms with Gasteiger partial charge in [0.05, 0.1) is 0 Å². The van der Waals surface area contributed by atoms with Crippen LogP contribution in [-0.4, -0.2) is 0 Å². The van der Waals surface area contributed by atoms with Gasteiger partial charge in [-0.3, -0.25) is 0 Å². The third kappa shape index (κ3) is 0.967. The van der Waals surface area contributed by atoms with E-state index in [2.05, 4.69) is 6.92 Å². The van der Waals surface area contributed by atoms with Crippen molar-refractivity contribution in [1.82, 2.24) is 0 Å². The zero-order chi connectivity index (χ0) is 5.28. The Bertz CT molecular complexity index is 140. The van der Waals surface area contributed by atoms with E-state index in [1.807, 2.05) is 0 Å². The first kappa shape index (κ1) is 4.72. The predicted octanol–water partition coefficient (Wildman–Crippen LogP) is 2.12. The van der Waals surface area contributed by atoms with Gasteiger partial charge in [-0.1, -0.05) is 0 Å². The van der Waals surface area contributed by atoms with Gasteiger partial charge in [0.2, 0.25) is 0 Å². The van der Waals surface area contributed by atoms with Crippen LogP contribution in [0.15, 0.2) is 16.5 Å². The topological polar surface area (TPSA) is 13.1 Å². The lowest BCUT2D eigenvalue weighted by Crippen LogP contribution is -1.49. The maximum Gasteiger partial charge on any atom is 0.193 e. The second kappa shape index (κ2) is 1.58. The van der Waals surface area contributed by atoms with E-state index in [9.17, 15) is 0 Å². The Hall–Kier alpha value is -0.430. The summed E-state index contributed by atoms with van der Waals surface area (Å²) in [6.07, 6.45) is 0. The molecule has 0 spiro atoms. The van der Waals surface area contributed by atoms with Crippen molar-refractivity contribution in [3.63, 3.8) is 0 Å². The molecule has 1 heterocycles. The fourth-order valence-electron chi connectivity index (χ4n) is 0.352. The molecule has 0 aliphatic heterocycles. The van der Waals surface area contributed by atoms with Crippen molar-refractivity contribution < 1.29 is 4.42 Å². The Labute approximate surface area is 46.9 Å². The number of rotatable bonds is 0. The maximum atomic E-state index is 5.35. The van der Waals surface area contributed by atoms with Crippen LogP contribution < -0.4 is 0 Å². The fraction of sp³-hybridized carbons (Fsp3) is 0. The molecule has 0 atom stereocenters. The first-order valence-corrected chi connectivity index (χ1v) is 2.24. The minimum Gasteiger partial charge on any atom is -0.450 e. The molecule has 0 unspecified atom stereocenters. The molecular weight excluding hydrogens is 112 g/mol. The van der Waals surface area contributed by atoms with Crippen molar-refractivity contribution in [3.05, 3.63) is 30.0 Å². The van der Waals surface area contributed by atoms with E-state index < -0.39 is 0 Å². The second-order valence-corrected chi connectivity index (χ2v) is 1.58. The minimum absolute atomic E-state index is 0.394. The summed E-state index contributed by atoms with van der Waals surface area (Å²) in [6, 6.07) is 3.37. The number of hydrogen-bond acceptors (Lipinski definition) is 1. The summed E-state index contributed by atoms with van der Waals surface area (Å²) >= 11 is 5.35. The molecule has 0 aliphatic rings. The summed E-state index contributed by atoms with van der Waals surface area (Å²) in [5.41, 5.74) is 0. The molecule has 0 bridgehead atoms. The van der Waals surface area contributed by atoms with Crippen molar-refractivity contribution in [1.29, 1.82) is 0 Å². The highest BCUT2D eigenvalue weighted by atomic mass is 35.5. The summed E-state index contributed by atoms with van der Waals surface area (Å²) in [4.78, 5) is 0. The first-order chi connectivity index (χ1) is 3.29. The molecule has 1 aromatic rings. The summed E-state index contributed by atoms with van der Waals surface area (Å²) in [5.74, 6) is 0.602. The molecule has 1 aromatic heterocycles. The Balaban J connectivity index is 3.04. The molecule has 0 N–H and O–H groups in total. The van der Waals surface area contributed by atoms with Crippen LogP contribution in [0.25, 0.3) is 0 Å². The van der Waals surface area contributed by atoms with Crippen LogP contribution in [0.3, 0.4) is 0 Å². The number of hydrogen-bond donors (Lipinski definition) is 0. The Morgan fingerprint density at radius 3 is 2.43 bits per heavy atom. The molecule has 1 radical (unpaired) electrons. The van der Waals surface area contributed by atoms with Gasteiger partial charge in [-0.25, -0.2) is 0 Å². The minimum atomic E-state index is 0.394. The van der Waals surface area contributed by atoms with E-state index in [1.54, 1.807) is 12.1 Å². The van der Waals surface area contributed by atoms with Crippen molar-refractivity contribution in [2.75, 3.05) is 0 Å². The van der Waals surface area contributed by atoms with Gasteiger partial charge >= 0.3 is 0 Å². The smallest absolute Gasteiger partial charge is 0.193 e. The molecule has 37 valence electrons. The average molecular weight is 116 g/mol. The van der Waals surface area contributed by atoms with E-state index in [1.165, 1.54) is 0 Å². The van der Waals surface area contributed by atoms with Crippen LogP contribution in [0.4, 0.5) is 0 Å². The number of halogens is 1. The summed E-state index contributed by atoms with van der Waals surface area (Å²) in [6.45, 7) is 3.49. The Morgan fingerprint density at radius 2 is 2.29 bits per heavy atom. The first-order valence-electron chi connectivity index (χ1n) is 1.86. The molecular formula is C5H4ClO. The predicted molar refractivity (Wildman–Crippen MR) is 28.2 cm³/mol. The molecule has 0 saturated carbocycles. The van der Waals surface area contributed by atoms with Crippen molar-refractivity contribution >= 4 is 11.6 Å². The van der Waals surface area contributed by atoms with Gasteiger partial charge in [0.25, 0.3) is 0 Å². The van der Waals surface area contributed by atoms with Crippen LogP contribution in [0.2, 0.25) is 5.22 Å². The Kier molecular flexibility index (Phi) is 1.07. The molecule has 1 rings (SSSR count). The highest BCUT2D eigenvalue weighted by Crippen LogP contribution is 2.10. The van der Waals surface area contributed by atoms with Gasteiger partial charge in [0.15, 0.2) is 5.22 Å². The second-order valence-electron chi connectivity index (χ2n) is 1.21. The molecule has 7 heavy (non-hydrogen) atoms. The van der Waals surface area contributed by atoms with Crippen molar-refractivity contribution in [2.45, 2.75) is 0 Å². The summed E-state index contributed by atoms with van der Waals surface area (Å²) in [7, 11) is 0. The standard InChI is InChI=1S/C5H4ClO/c1-4-2-3-5(6)7-4/h2-3H,1H2. The van der Waals surface area contributed by atoms with E-state index in [0.29, 0.717) is 11.0 Å². The normalized spacial score (nSPS) is 9.43. The van der Waals surface area contributed by atoms with E-state index in [0.717, 1.165) is 0 Å². The summed E-state index contributed by atoms with van der Waals surface area (Å²) < 4.78 is 4.74. The maximum absolute atomic E-state index is 5.35. The van der Waals surface area contributed by atoms with Gasteiger partial charge in [0.1, 0.15) is 5.76 Å². The third-order valence-corrected chi connectivity index (χ3v) is 0.832. The molecule has 2 heteroatoms. The molecule has 0 fully saturated rings. The van der Waals surface area contributed by atoms with Gasteiger partial charge in [-0.2, -0.15) is 0 Å². The highest BCUT2D eigenvalue weighted by molar-refractivity contribution is 6.28. The van der Waals surface area contributed by atoms with Gasteiger partial charge in [-0.05, 0) is 23.7 Å². The molecule has 0 aliphatic carbocycles. The lowest BCUT2D eigenvalue weighted by Gasteiger charge is -1.73. The SMILES string of the molecule is [CH2]c1ccc(Cl)o1. The molecule has 0 amide bonds. The van der Waals surface area contributed by atoms with E-state index >= 15 is 0 Å². The zero-order valence-corrected chi connectivity index (χ0v) is 4.40. The quantitative estimate of drug-likeness (QED) is 0.505. The summed E-state index contributed by atoms with van der Waals surface area (Å²) in [5, 5.41) is 0.394. The van der Waals surface area contributed by atoms with Crippen molar-refractivity contribution in [2.24, 2.45) is 0 Å². The van der Waals surface area contributed by atoms with Gasteiger partial charge in [0, 0.05) is 6.92 Å². The van der Waals surface area contributed by atoms with Crippen LogP contribution in [0.1, 0.15) is 5.76 Å². The van der Waals surface area contributed by atoms with E-state index in [4.69, 9.17) is 16.0 Å². The lowest BCUT2D eigenvalue weighted by atomic mass is 10.5. The highest BCUT2D eigenvalue weighted by Gasteiger charge is 1.88. The largest absolute Gasteiger partial charge is 0.450 e. The van der Waals surface area contributed by atoms with E-state index in [-0.39, 0.29) is 0 Å². The molecule has 0 aromatic carbocycles. The third-order valence-electron chi connectivity index (χ3n) is 0.629. The lowest BCUT2D eigenvalue weighted by molar-refractivity contribution is 0.551. The number of furan rings is 1. The molecule has 0 saturated heterocycles. The van der Waals surface area contributed by atoms with Gasteiger partial charge in [-0.15, -0.1) is 0 Å². The zero-order valence-electron chi connectivity index (χ0n) is 3.65. The van der Waals surface area contributed by atoms with Crippen LogP contribution in [-0.2, 0) is 0 Å².